The number of carbonyl (C=O) groups excluding carboxylic acids is 1. The van der Waals surface area contributed by atoms with Crippen molar-refractivity contribution in [2.45, 2.75) is 18.4 Å². The normalized spacial score (nSPS) is 11.1. The summed E-state index contributed by atoms with van der Waals surface area (Å²) in [5, 5.41) is 5.52. The molecule has 2 aromatic carbocycles. The minimum Gasteiger partial charge on any atom is -0.490 e. The van der Waals surface area contributed by atoms with Gasteiger partial charge in [0.1, 0.15) is 18.1 Å². The Hall–Kier alpha value is -3.25. The van der Waals surface area contributed by atoms with E-state index in [2.05, 4.69) is 15.4 Å². The highest BCUT2D eigenvalue weighted by atomic mass is 32.2. The molecule has 0 radical (unpaired) electrons. The fraction of sp³-hybridized carbons (Fsp3) is 0.217. The van der Waals surface area contributed by atoms with Gasteiger partial charge in [-0.15, -0.1) is 0 Å². The molecule has 3 rings (SSSR count). The van der Waals surface area contributed by atoms with Gasteiger partial charge in [0, 0.05) is 12.3 Å². The van der Waals surface area contributed by atoms with Crippen LogP contribution < -0.4 is 20.1 Å². The molecule has 0 fully saturated rings. The number of sulfonamides is 1. The Kier molecular flexibility index (Phi) is 9.16. The fourth-order valence-electron chi connectivity index (χ4n) is 2.85. The number of hydrogen-bond donors (Lipinski definition) is 3. The summed E-state index contributed by atoms with van der Waals surface area (Å²) in [6.07, 6.45) is 1.47. The molecule has 1 aromatic heterocycles. The Morgan fingerprint density at radius 1 is 1.03 bits per heavy atom. The number of benzene rings is 2. The molecule has 0 bridgehead atoms. The first kappa shape index (κ1) is 25.4. The summed E-state index contributed by atoms with van der Waals surface area (Å²) in [5.41, 5.74) is 0.837. The molecule has 1 amide bonds. The number of ether oxygens (including phenoxy) is 2. The van der Waals surface area contributed by atoms with E-state index in [0.29, 0.717) is 42.6 Å². The molecule has 3 aromatic rings. The van der Waals surface area contributed by atoms with Crippen LogP contribution in [0.25, 0.3) is 0 Å². The molecule has 0 atom stereocenters. The second-order valence-corrected chi connectivity index (χ2v) is 9.05. The number of rotatable bonds is 11. The summed E-state index contributed by atoms with van der Waals surface area (Å²) < 4.78 is 43.3. The first-order valence-corrected chi connectivity index (χ1v) is 12.3. The van der Waals surface area contributed by atoms with Gasteiger partial charge in [0.05, 0.1) is 29.9 Å². The molecule has 180 valence electrons. The maximum Gasteiger partial charge on any atom is 0.261 e. The van der Waals surface area contributed by atoms with Crippen molar-refractivity contribution in [2.24, 2.45) is 0 Å². The van der Waals surface area contributed by atoms with E-state index < -0.39 is 15.9 Å². The van der Waals surface area contributed by atoms with Crippen LogP contribution in [0.2, 0.25) is 0 Å². The molecule has 0 saturated heterocycles. The Labute approximate surface area is 203 Å². The van der Waals surface area contributed by atoms with Crippen LogP contribution in [0.15, 0.2) is 76.2 Å². The Balaban J connectivity index is 1.55. The molecule has 9 nitrogen and oxygen atoms in total. The summed E-state index contributed by atoms with van der Waals surface area (Å²) in [7, 11) is -3.72. The van der Waals surface area contributed by atoms with Gasteiger partial charge in [0.15, 0.2) is 5.11 Å². The molecular formula is C23H25N3O6S2. The van der Waals surface area contributed by atoms with Gasteiger partial charge < -0.3 is 19.2 Å². The average molecular weight is 504 g/mol. The van der Waals surface area contributed by atoms with Crippen LogP contribution in [0.1, 0.15) is 23.0 Å². The molecule has 0 spiro atoms. The predicted molar refractivity (Wildman–Crippen MR) is 131 cm³/mol. The number of hydrogen-bond acceptors (Lipinski definition) is 7. The van der Waals surface area contributed by atoms with Gasteiger partial charge >= 0.3 is 0 Å². The fourth-order valence-corrected chi connectivity index (χ4v) is 4.05. The molecule has 0 aliphatic carbocycles. The smallest absolute Gasteiger partial charge is 0.261 e. The number of furan rings is 1. The van der Waals surface area contributed by atoms with Crippen molar-refractivity contribution in [1.29, 1.82) is 0 Å². The van der Waals surface area contributed by atoms with Crippen molar-refractivity contribution in [3.8, 4) is 5.75 Å². The minimum absolute atomic E-state index is 0.0439. The first-order valence-electron chi connectivity index (χ1n) is 10.4. The molecule has 0 saturated carbocycles. The molecule has 0 unspecified atom stereocenters. The largest absolute Gasteiger partial charge is 0.490 e. The SMILES string of the molecule is CCOCCOc1ccccc1C(=O)NC(=S)Nc1ccc(S(=O)(=O)NCc2ccco2)cc1. The van der Waals surface area contributed by atoms with Gasteiger partial charge in [-0.25, -0.2) is 13.1 Å². The van der Waals surface area contributed by atoms with Gasteiger partial charge in [-0.1, -0.05) is 12.1 Å². The van der Waals surface area contributed by atoms with E-state index in [1.807, 2.05) is 6.92 Å². The first-order chi connectivity index (χ1) is 16.4. The second-order valence-electron chi connectivity index (χ2n) is 6.88. The van der Waals surface area contributed by atoms with Crippen molar-refractivity contribution in [3.05, 3.63) is 78.3 Å². The minimum atomic E-state index is -3.72. The summed E-state index contributed by atoms with van der Waals surface area (Å²) in [4.78, 5) is 12.7. The van der Waals surface area contributed by atoms with E-state index >= 15 is 0 Å². The summed E-state index contributed by atoms with van der Waals surface area (Å²) in [6.45, 7) is 3.24. The number of thiocarbonyl (C=S) groups is 1. The van der Waals surface area contributed by atoms with Crippen LogP contribution in [0, 0.1) is 0 Å². The van der Waals surface area contributed by atoms with Crippen LogP contribution in [0.3, 0.4) is 0 Å². The van der Waals surface area contributed by atoms with Gasteiger partial charge in [-0.2, -0.15) is 0 Å². The molecule has 34 heavy (non-hydrogen) atoms. The molecular weight excluding hydrogens is 478 g/mol. The standard InChI is InChI=1S/C23H25N3O6S2/c1-2-30-14-15-32-21-8-4-3-7-20(21)22(27)26-23(33)25-17-9-11-19(12-10-17)34(28,29)24-16-18-6-5-13-31-18/h3-13,24H,2,14-16H2,1H3,(H2,25,26,27,33). The van der Waals surface area contributed by atoms with E-state index in [1.165, 1.54) is 18.4 Å². The molecule has 1 heterocycles. The van der Waals surface area contributed by atoms with E-state index in [4.69, 9.17) is 26.1 Å². The maximum atomic E-state index is 12.7. The second kappa shape index (κ2) is 12.3. The Morgan fingerprint density at radius 2 is 1.79 bits per heavy atom. The van der Waals surface area contributed by atoms with Crippen LogP contribution in [-0.2, 0) is 21.3 Å². The summed E-state index contributed by atoms with van der Waals surface area (Å²) in [5.74, 6) is 0.481. The van der Waals surface area contributed by atoms with Crippen LogP contribution in [0.4, 0.5) is 5.69 Å². The van der Waals surface area contributed by atoms with E-state index in [0.717, 1.165) is 0 Å². The average Bonchev–Trinajstić information content (AvgIpc) is 3.35. The Morgan fingerprint density at radius 3 is 2.50 bits per heavy atom. The third kappa shape index (κ3) is 7.39. The number of nitrogens with one attached hydrogen (secondary N) is 3. The molecule has 11 heteroatoms. The highest BCUT2D eigenvalue weighted by molar-refractivity contribution is 7.89. The predicted octanol–water partition coefficient (Wildman–Crippen LogP) is 3.30. The Bertz CT molecular complexity index is 1200. The van der Waals surface area contributed by atoms with Crippen molar-refractivity contribution < 1.29 is 27.1 Å². The van der Waals surface area contributed by atoms with Crippen LogP contribution >= 0.6 is 12.2 Å². The number of anilines is 1. The van der Waals surface area contributed by atoms with Crippen molar-refractivity contribution >= 4 is 38.9 Å². The molecule has 3 N–H and O–H groups in total. The maximum absolute atomic E-state index is 12.7. The van der Waals surface area contributed by atoms with Crippen molar-refractivity contribution in [3.63, 3.8) is 0 Å². The van der Waals surface area contributed by atoms with Crippen LogP contribution in [0.5, 0.6) is 5.75 Å². The van der Waals surface area contributed by atoms with E-state index in [9.17, 15) is 13.2 Å². The zero-order chi connectivity index (χ0) is 24.4. The van der Waals surface area contributed by atoms with Gasteiger partial charge in [0.2, 0.25) is 10.0 Å². The third-order valence-electron chi connectivity index (χ3n) is 4.49. The van der Waals surface area contributed by atoms with Gasteiger partial charge in [0.25, 0.3) is 5.91 Å². The number of amides is 1. The van der Waals surface area contributed by atoms with Crippen molar-refractivity contribution in [1.82, 2.24) is 10.0 Å². The number of para-hydroxylation sites is 1. The lowest BCUT2D eigenvalue weighted by Crippen LogP contribution is -2.34. The van der Waals surface area contributed by atoms with Crippen LogP contribution in [-0.4, -0.2) is 39.3 Å². The van der Waals surface area contributed by atoms with E-state index in [1.54, 1.807) is 48.5 Å². The topological polar surface area (TPSA) is 119 Å². The lowest BCUT2D eigenvalue weighted by molar-refractivity contribution is 0.0958. The molecule has 0 aliphatic rings. The highest BCUT2D eigenvalue weighted by Crippen LogP contribution is 2.18. The van der Waals surface area contributed by atoms with Crippen molar-refractivity contribution in [2.75, 3.05) is 25.1 Å². The lowest BCUT2D eigenvalue weighted by Gasteiger charge is -2.13. The monoisotopic (exact) mass is 503 g/mol. The molecule has 0 aliphatic heterocycles. The lowest BCUT2D eigenvalue weighted by atomic mass is 10.2. The zero-order valence-electron chi connectivity index (χ0n) is 18.4. The van der Waals surface area contributed by atoms with E-state index in [-0.39, 0.29) is 16.6 Å². The number of carbonyl (C=O) groups is 1. The quantitative estimate of drug-likeness (QED) is 0.269. The highest BCUT2D eigenvalue weighted by Gasteiger charge is 2.16. The zero-order valence-corrected chi connectivity index (χ0v) is 20.1. The summed E-state index contributed by atoms with van der Waals surface area (Å²) in [6, 6.07) is 16.1. The van der Waals surface area contributed by atoms with Gasteiger partial charge in [-0.05, 0) is 67.7 Å². The van der Waals surface area contributed by atoms with Gasteiger partial charge in [-0.3, -0.25) is 10.1 Å². The third-order valence-corrected chi connectivity index (χ3v) is 6.11. The summed E-state index contributed by atoms with van der Waals surface area (Å²) >= 11 is 5.23.